The molecule has 0 aliphatic carbocycles. The van der Waals surface area contributed by atoms with Crippen LogP contribution in [0.15, 0.2) is 30.7 Å². The maximum atomic E-state index is 12.3. The van der Waals surface area contributed by atoms with Gasteiger partial charge in [0.2, 0.25) is 0 Å². The molecule has 1 N–H and O–H groups in total. The first-order chi connectivity index (χ1) is 11.9. The van der Waals surface area contributed by atoms with Crippen LogP contribution in [-0.4, -0.2) is 45.2 Å². The highest BCUT2D eigenvalue weighted by Crippen LogP contribution is 2.22. The second kappa shape index (κ2) is 7.13. The fourth-order valence-corrected chi connectivity index (χ4v) is 2.88. The molecule has 1 aliphatic rings. The van der Waals surface area contributed by atoms with E-state index in [1.807, 2.05) is 12.1 Å². The Morgan fingerprint density at radius 2 is 2.08 bits per heavy atom. The van der Waals surface area contributed by atoms with Crippen molar-refractivity contribution in [2.75, 3.05) is 18.0 Å². The van der Waals surface area contributed by atoms with E-state index in [0.717, 1.165) is 37.4 Å². The molecule has 132 valence electrons. The van der Waals surface area contributed by atoms with E-state index in [-0.39, 0.29) is 17.4 Å². The van der Waals surface area contributed by atoms with E-state index in [2.05, 4.69) is 51.2 Å². The summed E-state index contributed by atoms with van der Waals surface area (Å²) < 4.78 is 0. The van der Waals surface area contributed by atoms with Crippen LogP contribution in [0.25, 0.3) is 0 Å². The Morgan fingerprint density at radius 1 is 1.24 bits per heavy atom. The largest absolute Gasteiger partial charge is 0.353 e. The van der Waals surface area contributed by atoms with E-state index in [1.54, 1.807) is 12.3 Å². The number of carbonyl (C=O) groups excluding carboxylic acids is 1. The first kappa shape index (κ1) is 17.3. The van der Waals surface area contributed by atoms with Crippen molar-refractivity contribution in [2.45, 2.75) is 45.1 Å². The van der Waals surface area contributed by atoms with Gasteiger partial charge in [0.25, 0.3) is 5.91 Å². The van der Waals surface area contributed by atoms with E-state index in [4.69, 9.17) is 0 Å². The van der Waals surface area contributed by atoms with Crippen molar-refractivity contribution in [1.82, 2.24) is 25.5 Å². The number of nitrogens with zero attached hydrogens (tertiary/aromatic N) is 5. The molecule has 3 rings (SSSR count). The maximum Gasteiger partial charge on any atom is 0.270 e. The predicted octanol–water partition coefficient (Wildman–Crippen LogP) is 1.96. The van der Waals surface area contributed by atoms with Crippen LogP contribution in [0, 0.1) is 0 Å². The molecule has 7 heteroatoms. The van der Waals surface area contributed by atoms with Crippen molar-refractivity contribution in [3.63, 3.8) is 0 Å². The average Bonchev–Trinajstić information content (AvgIpc) is 2.62. The van der Waals surface area contributed by atoms with Crippen molar-refractivity contribution in [3.8, 4) is 0 Å². The lowest BCUT2D eigenvalue weighted by molar-refractivity contribution is 0.0928. The Hall–Kier alpha value is -2.57. The number of piperidine rings is 1. The molecule has 0 saturated carbocycles. The standard InChI is InChI=1S/C18H24N6O/c1-18(2,3)15-6-7-16(23-22-15)24-10-4-5-13(11-24)21-17(25)14-8-9-19-12-20-14/h6-9,12-13H,4-5,10-11H2,1-3H3,(H,21,25). The van der Waals surface area contributed by atoms with Crippen LogP contribution in [0.2, 0.25) is 0 Å². The molecule has 1 atom stereocenters. The highest BCUT2D eigenvalue weighted by Gasteiger charge is 2.24. The average molecular weight is 340 g/mol. The second-order valence-electron chi connectivity index (χ2n) is 7.38. The quantitative estimate of drug-likeness (QED) is 0.919. The van der Waals surface area contributed by atoms with E-state index >= 15 is 0 Å². The van der Waals surface area contributed by atoms with Crippen LogP contribution in [0.1, 0.15) is 49.8 Å². The normalized spacial score (nSPS) is 18.0. The number of hydrogen-bond donors (Lipinski definition) is 1. The molecular weight excluding hydrogens is 316 g/mol. The summed E-state index contributed by atoms with van der Waals surface area (Å²) in [6.45, 7) is 8.01. The fourth-order valence-electron chi connectivity index (χ4n) is 2.88. The summed E-state index contributed by atoms with van der Waals surface area (Å²) in [5.74, 6) is 0.692. The highest BCUT2D eigenvalue weighted by molar-refractivity contribution is 5.92. The van der Waals surface area contributed by atoms with Gasteiger partial charge < -0.3 is 10.2 Å². The lowest BCUT2D eigenvalue weighted by Gasteiger charge is -2.33. The molecule has 0 aromatic carbocycles. The van der Waals surface area contributed by atoms with Gasteiger partial charge in [0, 0.05) is 30.7 Å². The molecule has 1 amide bonds. The van der Waals surface area contributed by atoms with Gasteiger partial charge in [-0.1, -0.05) is 20.8 Å². The summed E-state index contributed by atoms with van der Waals surface area (Å²) in [6, 6.07) is 5.74. The van der Waals surface area contributed by atoms with Crippen LogP contribution < -0.4 is 10.2 Å². The van der Waals surface area contributed by atoms with Gasteiger partial charge in [0.1, 0.15) is 12.0 Å². The third kappa shape index (κ3) is 4.29. The molecule has 1 aliphatic heterocycles. The number of rotatable bonds is 3. The molecule has 1 unspecified atom stereocenters. The molecule has 25 heavy (non-hydrogen) atoms. The molecule has 0 radical (unpaired) electrons. The van der Waals surface area contributed by atoms with Gasteiger partial charge in [-0.15, -0.1) is 5.10 Å². The minimum atomic E-state index is -0.164. The minimum absolute atomic E-state index is 0.0124. The zero-order chi connectivity index (χ0) is 17.9. The number of amides is 1. The lowest BCUT2D eigenvalue weighted by atomic mass is 9.92. The van der Waals surface area contributed by atoms with E-state index in [9.17, 15) is 4.79 Å². The van der Waals surface area contributed by atoms with Gasteiger partial charge in [-0.2, -0.15) is 5.10 Å². The Balaban J connectivity index is 1.64. The van der Waals surface area contributed by atoms with Crippen molar-refractivity contribution < 1.29 is 4.79 Å². The van der Waals surface area contributed by atoms with Crippen molar-refractivity contribution in [2.24, 2.45) is 0 Å². The maximum absolute atomic E-state index is 12.3. The topological polar surface area (TPSA) is 83.9 Å². The Bertz CT molecular complexity index is 711. The molecule has 1 fully saturated rings. The van der Waals surface area contributed by atoms with E-state index in [0.29, 0.717) is 5.69 Å². The lowest BCUT2D eigenvalue weighted by Crippen LogP contribution is -2.48. The van der Waals surface area contributed by atoms with Gasteiger partial charge in [-0.25, -0.2) is 9.97 Å². The minimum Gasteiger partial charge on any atom is -0.353 e. The zero-order valence-electron chi connectivity index (χ0n) is 14.9. The van der Waals surface area contributed by atoms with E-state index < -0.39 is 0 Å². The van der Waals surface area contributed by atoms with Crippen LogP contribution >= 0.6 is 0 Å². The SMILES string of the molecule is CC(C)(C)c1ccc(N2CCCC(NC(=O)c3ccncn3)C2)nn1. The Morgan fingerprint density at radius 3 is 2.72 bits per heavy atom. The zero-order valence-corrected chi connectivity index (χ0v) is 14.9. The molecule has 2 aromatic rings. The van der Waals surface area contributed by atoms with Gasteiger partial charge in [-0.3, -0.25) is 4.79 Å². The number of carbonyl (C=O) groups is 1. The summed E-state index contributed by atoms with van der Waals surface area (Å²) in [7, 11) is 0. The predicted molar refractivity (Wildman–Crippen MR) is 95.5 cm³/mol. The van der Waals surface area contributed by atoms with Crippen LogP contribution in [-0.2, 0) is 5.41 Å². The van der Waals surface area contributed by atoms with Crippen molar-refractivity contribution in [3.05, 3.63) is 42.1 Å². The van der Waals surface area contributed by atoms with Gasteiger partial charge in [-0.05, 0) is 31.0 Å². The first-order valence-corrected chi connectivity index (χ1v) is 8.59. The highest BCUT2D eigenvalue weighted by atomic mass is 16.1. The molecule has 7 nitrogen and oxygen atoms in total. The van der Waals surface area contributed by atoms with Crippen LogP contribution in [0.4, 0.5) is 5.82 Å². The van der Waals surface area contributed by atoms with Gasteiger partial charge >= 0.3 is 0 Å². The van der Waals surface area contributed by atoms with Crippen LogP contribution in [0.5, 0.6) is 0 Å². The molecule has 0 spiro atoms. The smallest absolute Gasteiger partial charge is 0.270 e. The monoisotopic (exact) mass is 340 g/mol. The Labute approximate surface area is 147 Å². The molecule has 0 bridgehead atoms. The number of hydrogen-bond acceptors (Lipinski definition) is 6. The fraction of sp³-hybridized carbons (Fsp3) is 0.500. The Kier molecular flexibility index (Phi) is 4.92. The number of nitrogens with one attached hydrogen (secondary N) is 1. The summed E-state index contributed by atoms with van der Waals surface area (Å²) in [6.07, 6.45) is 4.90. The third-order valence-corrected chi connectivity index (χ3v) is 4.31. The molecular formula is C18H24N6O. The molecule has 1 saturated heterocycles. The third-order valence-electron chi connectivity index (χ3n) is 4.31. The number of aromatic nitrogens is 4. The second-order valence-corrected chi connectivity index (χ2v) is 7.38. The number of anilines is 1. The van der Waals surface area contributed by atoms with Gasteiger partial charge in [0.05, 0.1) is 5.69 Å². The first-order valence-electron chi connectivity index (χ1n) is 8.59. The summed E-state index contributed by atoms with van der Waals surface area (Å²) in [5, 5.41) is 11.8. The summed E-state index contributed by atoms with van der Waals surface area (Å²) >= 11 is 0. The molecule has 3 heterocycles. The van der Waals surface area contributed by atoms with E-state index in [1.165, 1.54) is 6.33 Å². The van der Waals surface area contributed by atoms with Crippen molar-refractivity contribution >= 4 is 11.7 Å². The van der Waals surface area contributed by atoms with Crippen molar-refractivity contribution in [1.29, 1.82) is 0 Å². The summed E-state index contributed by atoms with van der Waals surface area (Å²) in [5.41, 5.74) is 1.35. The van der Waals surface area contributed by atoms with Gasteiger partial charge in [0.15, 0.2) is 5.82 Å². The summed E-state index contributed by atoms with van der Waals surface area (Å²) in [4.78, 5) is 22.3. The molecule has 2 aromatic heterocycles. The van der Waals surface area contributed by atoms with Crippen LogP contribution in [0.3, 0.4) is 0 Å².